The fraction of sp³-hybridized carbons (Fsp3) is 0.809. The Morgan fingerprint density at radius 1 is 0.366 bits per heavy atom. The van der Waals surface area contributed by atoms with Gasteiger partial charge in [0.25, 0.3) is 0 Å². The average Bonchev–Trinajstić information content (AvgIpc) is 3.38. The minimum absolute atomic E-state index is 0.0909. The quantitative estimate of drug-likeness (QED) is 0.0854. The van der Waals surface area contributed by atoms with Gasteiger partial charge in [-0.15, -0.1) is 20.4 Å². The maximum absolute atomic E-state index is 12.1. The molecule has 1 amide bonds. The minimum atomic E-state index is -0.0909. The molecule has 0 atom stereocenters. The average molecular weight is 1020 g/mol. The molecule has 71 heavy (non-hydrogen) atoms. The molecule has 0 fully saturated rings. The summed E-state index contributed by atoms with van der Waals surface area (Å²) in [5.74, 6) is 0.877. The van der Waals surface area contributed by atoms with Gasteiger partial charge in [0, 0.05) is 25.1 Å². The van der Waals surface area contributed by atoms with Crippen LogP contribution in [0.25, 0.3) is 11.4 Å². The molecule has 0 radical (unpaired) electrons. The van der Waals surface area contributed by atoms with E-state index in [2.05, 4.69) is 25.7 Å². The maximum atomic E-state index is 12.1. The van der Waals surface area contributed by atoms with E-state index < -0.39 is 0 Å². The largest absolute Gasteiger partial charge is 0.379 e. The Labute approximate surface area is 420 Å². The number of hydrogen-bond acceptors (Lipinski definition) is 23. The van der Waals surface area contributed by atoms with Crippen LogP contribution >= 0.6 is 0 Å². The molecule has 0 aliphatic carbocycles. The van der Waals surface area contributed by atoms with Crippen LogP contribution in [0.5, 0.6) is 0 Å². The van der Waals surface area contributed by atoms with E-state index in [1.165, 1.54) is 0 Å². The highest BCUT2D eigenvalue weighted by molar-refractivity contribution is 5.76. The van der Waals surface area contributed by atoms with Crippen LogP contribution in [0.3, 0.4) is 0 Å². The highest BCUT2D eigenvalue weighted by atomic mass is 16.6. The Kier molecular flexibility index (Phi) is 46.7. The molecule has 0 spiro atoms. The van der Waals surface area contributed by atoms with Gasteiger partial charge in [0.05, 0.1) is 225 Å². The van der Waals surface area contributed by atoms with Crippen LogP contribution < -0.4 is 11.1 Å². The molecule has 410 valence electrons. The zero-order valence-corrected chi connectivity index (χ0v) is 42.2. The molecule has 0 unspecified atom stereocenters. The first-order valence-corrected chi connectivity index (χ1v) is 24.6. The summed E-state index contributed by atoms with van der Waals surface area (Å²) in [6, 6.07) is 7.55. The SMILES string of the molecule is Cc1nnc(-c2ccc(CNC(=O)CCOCCOCCOCCOCCOCCOCCOCCOCCOCCOCCOCCOCCOCCOCCOCCOCCOCCN)cc2)nn1. The minimum Gasteiger partial charge on any atom is -0.379 e. The van der Waals surface area contributed by atoms with Gasteiger partial charge >= 0.3 is 0 Å². The van der Waals surface area contributed by atoms with Gasteiger partial charge in [0.2, 0.25) is 11.7 Å². The van der Waals surface area contributed by atoms with E-state index in [-0.39, 0.29) is 12.3 Å². The highest BCUT2D eigenvalue weighted by Gasteiger charge is 2.06. The summed E-state index contributed by atoms with van der Waals surface area (Å²) in [4.78, 5) is 12.1. The van der Waals surface area contributed by atoms with E-state index in [0.717, 1.165) is 11.1 Å². The normalized spacial score (nSPS) is 11.5. The first kappa shape index (κ1) is 64.0. The molecular formula is C47H84N6O18. The summed E-state index contributed by atoms with van der Waals surface area (Å²) in [6.45, 7) is 19.0. The summed E-state index contributed by atoms with van der Waals surface area (Å²) in [5, 5.41) is 18.8. The van der Waals surface area contributed by atoms with Gasteiger partial charge in [-0.3, -0.25) is 4.79 Å². The van der Waals surface area contributed by atoms with Crippen molar-refractivity contribution in [2.24, 2.45) is 5.73 Å². The van der Waals surface area contributed by atoms with Crippen LogP contribution in [0, 0.1) is 6.92 Å². The lowest BCUT2D eigenvalue weighted by atomic mass is 10.1. The number of nitrogens with two attached hydrogens (primary N) is 1. The Bertz CT molecular complexity index is 1420. The molecule has 0 bridgehead atoms. The number of benzene rings is 1. The zero-order chi connectivity index (χ0) is 50.4. The van der Waals surface area contributed by atoms with Crippen molar-refractivity contribution < 1.29 is 85.3 Å². The highest BCUT2D eigenvalue weighted by Crippen LogP contribution is 2.14. The monoisotopic (exact) mass is 1020 g/mol. The number of nitrogens with one attached hydrogen (secondary N) is 1. The molecule has 0 saturated heterocycles. The number of hydrogen-bond donors (Lipinski definition) is 2. The fourth-order valence-corrected chi connectivity index (χ4v) is 5.32. The van der Waals surface area contributed by atoms with E-state index >= 15 is 0 Å². The molecule has 1 heterocycles. The van der Waals surface area contributed by atoms with E-state index in [0.29, 0.717) is 249 Å². The topological polar surface area (TPSA) is 264 Å². The first-order valence-electron chi connectivity index (χ1n) is 24.6. The number of rotatable bonds is 56. The lowest BCUT2D eigenvalue weighted by Gasteiger charge is -2.09. The van der Waals surface area contributed by atoms with Gasteiger partial charge in [-0.1, -0.05) is 24.3 Å². The molecule has 3 N–H and O–H groups in total. The number of amides is 1. The number of carbonyl (C=O) groups is 1. The van der Waals surface area contributed by atoms with Crippen molar-refractivity contribution in [2.45, 2.75) is 19.9 Å². The molecule has 1 aromatic heterocycles. The van der Waals surface area contributed by atoms with Gasteiger partial charge in [0.15, 0.2) is 5.82 Å². The number of aryl methyl sites for hydroxylation is 1. The second kappa shape index (κ2) is 51.8. The number of nitrogens with zero attached hydrogens (tertiary/aromatic N) is 4. The second-order valence-electron chi connectivity index (χ2n) is 14.7. The molecular weight excluding hydrogens is 937 g/mol. The predicted octanol–water partition coefficient (Wildman–Crippen LogP) is 0.489. The fourth-order valence-electron chi connectivity index (χ4n) is 5.32. The molecule has 0 aliphatic rings. The lowest BCUT2D eigenvalue weighted by Crippen LogP contribution is -2.24. The zero-order valence-electron chi connectivity index (χ0n) is 42.2. The van der Waals surface area contributed by atoms with Crippen molar-refractivity contribution in [3.8, 4) is 11.4 Å². The standard InChI is InChI=1S/C47H84N6O18/c1-43-50-52-47(53-51-43)45-4-2-44(3-5-45)42-49-46(54)6-8-55-10-12-57-14-16-59-18-20-61-22-24-63-26-28-65-30-32-67-34-36-69-38-40-71-41-39-70-37-35-68-33-31-66-29-27-64-25-23-62-21-19-60-17-15-58-13-11-56-9-7-48/h2-5H,6-42,48H2,1H3,(H,49,54). The summed E-state index contributed by atoms with van der Waals surface area (Å²) in [7, 11) is 0. The van der Waals surface area contributed by atoms with Crippen LogP contribution in [0.15, 0.2) is 24.3 Å². The molecule has 1 aromatic carbocycles. The van der Waals surface area contributed by atoms with Crippen molar-refractivity contribution >= 4 is 5.91 Å². The first-order chi connectivity index (χ1) is 35.2. The number of carbonyl (C=O) groups excluding carboxylic acids is 1. The van der Waals surface area contributed by atoms with Crippen molar-refractivity contribution in [1.82, 2.24) is 25.7 Å². The summed E-state index contributed by atoms with van der Waals surface area (Å²) in [5.41, 5.74) is 7.10. The van der Waals surface area contributed by atoms with Crippen molar-refractivity contribution in [1.29, 1.82) is 0 Å². The van der Waals surface area contributed by atoms with Crippen molar-refractivity contribution in [3.05, 3.63) is 35.7 Å². The van der Waals surface area contributed by atoms with Crippen LogP contribution in [-0.2, 0) is 91.9 Å². The van der Waals surface area contributed by atoms with E-state index in [4.69, 9.17) is 86.3 Å². The lowest BCUT2D eigenvalue weighted by molar-refractivity contribution is -0.122. The maximum Gasteiger partial charge on any atom is 0.222 e. The van der Waals surface area contributed by atoms with E-state index in [1.54, 1.807) is 6.92 Å². The van der Waals surface area contributed by atoms with Crippen LogP contribution in [0.2, 0.25) is 0 Å². The molecule has 2 rings (SSSR count). The second-order valence-corrected chi connectivity index (χ2v) is 14.7. The van der Waals surface area contributed by atoms with Gasteiger partial charge in [-0.25, -0.2) is 0 Å². The Morgan fingerprint density at radius 3 is 0.859 bits per heavy atom. The van der Waals surface area contributed by atoms with Gasteiger partial charge in [-0.05, 0) is 12.5 Å². The molecule has 0 saturated carbocycles. The van der Waals surface area contributed by atoms with Crippen LogP contribution in [0.1, 0.15) is 17.8 Å². The number of aromatic nitrogens is 4. The molecule has 0 aliphatic heterocycles. The van der Waals surface area contributed by atoms with Gasteiger partial charge < -0.3 is 91.6 Å². The van der Waals surface area contributed by atoms with Gasteiger partial charge in [0.1, 0.15) is 0 Å². The van der Waals surface area contributed by atoms with Crippen LogP contribution in [0.4, 0.5) is 0 Å². The summed E-state index contributed by atoms with van der Waals surface area (Å²) >= 11 is 0. The van der Waals surface area contributed by atoms with E-state index in [9.17, 15) is 4.79 Å². The van der Waals surface area contributed by atoms with Crippen molar-refractivity contribution in [3.63, 3.8) is 0 Å². The van der Waals surface area contributed by atoms with Crippen LogP contribution in [-0.4, -0.2) is 257 Å². The van der Waals surface area contributed by atoms with Gasteiger partial charge in [-0.2, -0.15) is 0 Å². The van der Waals surface area contributed by atoms with E-state index in [1.807, 2.05) is 24.3 Å². The Hall–Kier alpha value is -3.09. The summed E-state index contributed by atoms with van der Waals surface area (Å²) < 4.78 is 93.1. The molecule has 2 aromatic rings. The smallest absolute Gasteiger partial charge is 0.222 e. The summed E-state index contributed by atoms with van der Waals surface area (Å²) in [6.07, 6.45) is 0.264. The molecule has 24 nitrogen and oxygen atoms in total. The Morgan fingerprint density at radius 2 is 0.606 bits per heavy atom. The Balaban J connectivity index is 1.14. The third-order valence-corrected chi connectivity index (χ3v) is 8.97. The predicted molar refractivity (Wildman–Crippen MR) is 257 cm³/mol. The number of ether oxygens (including phenoxy) is 17. The third-order valence-electron chi connectivity index (χ3n) is 8.97. The molecule has 24 heteroatoms. The third kappa shape index (κ3) is 44.1. The van der Waals surface area contributed by atoms with Crippen molar-refractivity contribution in [2.75, 3.05) is 231 Å².